The SMILES string of the molecule is Cc1c(NC(=O)c2cc3n(n2)CCC[C@H]3N2CCCCC2)cccc1-c1cccc(Nc2nc(C(F)F)nc3cc(CN4CC[C@@H](O)C4)cnc23)c1C. The van der Waals surface area contributed by atoms with E-state index in [9.17, 15) is 18.7 Å². The second kappa shape index (κ2) is 14.9. The molecule has 3 N–H and O–H groups in total. The maximum absolute atomic E-state index is 14.0. The Morgan fingerprint density at radius 1 is 0.925 bits per heavy atom. The summed E-state index contributed by atoms with van der Waals surface area (Å²) in [6.45, 7) is 8.81. The van der Waals surface area contributed by atoms with Gasteiger partial charge in [-0.15, -0.1) is 0 Å². The maximum Gasteiger partial charge on any atom is 0.297 e. The zero-order chi connectivity index (χ0) is 36.6. The Bertz CT molecular complexity index is 2150. The van der Waals surface area contributed by atoms with E-state index in [1.807, 2.05) is 61.0 Å². The largest absolute Gasteiger partial charge is 0.392 e. The summed E-state index contributed by atoms with van der Waals surface area (Å²) in [5, 5.41) is 21.1. The van der Waals surface area contributed by atoms with Crippen LogP contribution >= 0.6 is 0 Å². The standard InChI is InChI=1S/C40H45F2N9O2/c1-24-28(9-6-11-30(24)44-38-36-32(45-39(47-38)37(41)42)19-26(21-43-36)22-49-18-14-27(52)23-49)29-10-7-12-31(25(29)2)46-40(53)33-20-35-34(13-8-17-51(35)48-33)50-15-4-3-5-16-50/h6-7,9-12,19-21,27,34,37,52H,3-5,8,13-18,22-23H2,1-2H3,(H,46,53)(H,44,45,47)/t27-,34-/m1/s1. The molecule has 0 radical (unpaired) electrons. The minimum Gasteiger partial charge on any atom is -0.392 e. The Balaban J connectivity index is 1.04. The van der Waals surface area contributed by atoms with Gasteiger partial charge in [-0.3, -0.25) is 24.3 Å². The average Bonchev–Trinajstić information content (AvgIpc) is 3.79. The van der Waals surface area contributed by atoms with Crippen LogP contribution in [0.3, 0.4) is 0 Å². The molecule has 2 aromatic carbocycles. The Kier molecular flexibility index (Phi) is 9.88. The molecule has 11 nitrogen and oxygen atoms in total. The number of β-amino-alcohol motifs (C(OH)–C–C–N with tert-alkyl or cyclic N) is 1. The Morgan fingerprint density at radius 2 is 1.68 bits per heavy atom. The quantitative estimate of drug-likeness (QED) is 0.144. The maximum atomic E-state index is 14.0. The number of nitrogens with one attached hydrogen (secondary N) is 2. The molecule has 5 aromatic rings. The van der Waals surface area contributed by atoms with Crippen molar-refractivity contribution in [2.24, 2.45) is 0 Å². The van der Waals surface area contributed by atoms with E-state index in [1.165, 1.54) is 19.3 Å². The number of carbonyl (C=O) groups is 1. The van der Waals surface area contributed by atoms with Gasteiger partial charge in [0.1, 0.15) is 5.52 Å². The number of aromatic nitrogens is 5. The van der Waals surface area contributed by atoms with Gasteiger partial charge in [0.15, 0.2) is 17.3 Å². The number of aliphatic hydroxyl groups excluding tert-OH is 1. The Hall–Kier alpha value is -4.85. The van der Waals surface area contributed by atoms with Gasteiger partial charge < -0.3 is 15.7 Å². The summed E-state index contributed by atoms with van der Waals surface area (Å²) >= 11 is 0. The van der Waals surface area contributed by atoms with E-state index in [4.69, 9.17) is 5.10 Å². The fourth-order valence-corrected chi connectivity index (χ4v) is 8.17. The van der Waals surface area contributed by atoms with Crippen molar-refractivity contribution in [3.8, 4) is 11.1 Å². The lowest BCUT2D eigenvalue weighted by molar-refractivity contribution is 0.102. The third-order valence-corrected chi connectivity index (χ3v) is 11.0. The smallest absolute Gasteiger partial charge is 0.297 e. The van der Waals surface area contributed by atoms with Crippen molar-refractivity contribution in [2.45, 2.75) is 84.0 Å². The number of alkyl halides is 2. The third-order valence-electron chi connectivity index (χ3n) is 11.0. The second-order valence-electron chi connectivity index (χ2n) is 14.6. The van der Waals surface area contributed by atoms with E-state index >= 15 is 0 Å². The number of aliphatic hydroxyl groups is 1. The molecule has 0 aliphatic carbocycles. The third kappa shape index (κ3) is 7.25. The molecule has 13 heteroatoms. The van der Waals surface area contributed by atoms with Crippen LogP contribution in [-0.4, -0.2) is 77.8 Å². The van der Waals surface area contributed by atoms with Crippen molar-refractivity contribution in [1.82, 2.24) is 34.5 Å². The van der Waals surface area contributed by atoms with Gasteiger partial charge in [-0.05, 0) is 111 Å². The summed E-state index contributed by atoms with van der Waals surface area (Å²) in [7, 11) is 0. The van der Waals surface area contributed by atoms with Gasteiger partial charge in [-0.1, -0.05) is 30.7 Å². The number of amides is 1. The van der Waals surface area contributed by atoms with Crippen molar-refractivity contribution in [3.63, 3.8) is 0 Å². The molecule has 8 rings (SSSR count). The molecule has 0 saturated carbocycles. The lowest BCUT2D eigenvalue weighted by Crippen LogP contribution is -2.36. The molecule has 276 valence electrons. The number of piperidine rings is 1. The van der Waals surface area contributed by atoms with Crippen LogP contribution in [0.5, 0.6) is 0 Å². The molecule has 0 spiro atoms. The number of halogens is 2. The van der Waals surface area contributed by atoms with Crippen molar-refractivity contribution >= 4 is 34.1 Å². The first-order chi connectivity index (χ1) is 25.7. The molecule has 3 aromatic heterocycles. The molecule has 2 atom stereocenters. The van der Waals surface area contributed by atoms with Gasteiger partial charge in [-0.25, -0.2) is 18.7 Å². The molecule has 3 aliphatic heterocycles. The van der Waals surface area contributed by atoms with Crippen LogP contribution in [0.15, 0.2) is 54.7 Å². The number of benzene rings is 2. The van der Waals surface area contributed by atoms with E-state index in [0.29, 0.717) is 53.7 Å². The van der Waals surface area contributed by atoms with Gasteiger partial charge in [0.2, 0.25) is 0 Å². The average molecular weight is 722 g/mol. The molecule has 1 amide bonds. The summed E-state index contributed by atoms with van der Waals surface area (Å²) < 4.78 is 30.1. The lowest BCUT2D eigenvalue weighted by Gasteiger charge is -2.36. The zero-order valence-corrected chi connectivity index (χ0v) is 30.2. The highest BCUT2D eigenvalue weighted by atomic mass is 19.3. The van der Waals surface area contributed by atoms with Crippen molar-refractivity contribution in [3.05, 3.63) is 88.6 Å². The van der Waals surface area contributed by atoms with Gasteiger partial charge >= 0.3 is 0 Å². The fraction of sp³-hybridized carbons (Fsp3) is 0.425. The normalized spacial score (nSPS) is 19.5. The molecule has 6 heterocycles. The summed E-state index contributed by atoms with van der Waals surface area (Å²) in [5.41, 5.74) is 8.06. The number of likely N-dealkylation sites (tertiary alicyclic amines) is 2. The first kappa shape index (κ1) is 35.2. The van der Waals surface area contributed by atoms with Crippen LogP contribution in [0.1, 0.15) is 89.7 Å². The number of anilines is 3. The van der Waals surface area contributed by atoms with Crippen LogP contribution in [0.25, 0.3) is 22.2 Å². The lowest BCUT2D eigenvalue weighted by atomic mass is 9.94. The predicted molar refractivity (Wildman–Crippen MR) is 200 cm³/mol. The number of pyridine rings is 1. The van der Waals surface area contributed by atoms with Gasteiger partial charge in [0.05, 0.1) is 23.4 Å². The van der Waals surface area contributed by atoms with E-state index in [1.54, 1.807) is 12.3 Å². The highest BCUT2D eigenvalue weighted by Crippen LogP contribution is 2.37. The Morgan fingerprint density at radius 3 is 2.42 bits per heavy atom. The van der Waals surface area contributed by atoms with Crippen molar-refractivity contribution < 1.29 is 18.7 Å². The van der Waals surface area contributed by atoms with Crippen LogP contribution in [0, 0.1) is 13.8 Å². The van der Waals surface area contributed by atoms with Crippen LogP contribution < -0.4 is 10.6 Å². The summed E-state index contributed by atoms with van der Waals surface area (Å²) in [6.07, 6.45) is 5.04. The highest BCUT2D eigenvalue weighted by Gasteiger charge is 2.30. The molecule has 53 heavy (non-hydrogen) atoms. The predicted octanol–water partition coefficient (Wildman–Crippen LogP) is 7.33. The van der Waals surface area contributed by atoms with E-state index < -0.39 is 12.2 Å². The molecular formula is C40H45F2N9O2. The van der Waals surface area contributed by atoms with Gasteiger partial charge in [0, 0.05) is 43.8 Å². The molecule has 0 bridgehead atoms. The number of fused-ring (bicyclic) bond motifs is 2. The molecular weight excluding hydrogens is 676 g/mol. The monoisotopic (exact) mass is 721 g/mol. The van der Waals surface area contributed by atoms with E-state index in [0.717, 1.165) is 72.5 Å². The minimum absolute atomic E-state index is 0.191. The first-order valence-electron chi connectivity index (χ1n) is 18.7. The van der Waals surface area contributed by atoms with Crippen LogP contribution in [0.2, 0.25) is 0 Å². The number of nitrogens with zero attached hydrogens (tertiary/aromatic N) is 7. The summed E-state index contributed by atoms with van der Waals surface area (Å²) in [6, 6.07) is 15.6. The van der Waals surface area contributed by atoms with Crippen LogP contribution in [-0.2, 0) is 13.1 Å². The molecule has 2 fully saturated rings. The first-order valence-corrected chi connectivity index (χ1v) is 18.7. The van der Waals surface area contributed by atoms with Gasteiger partial charge in [-0.2, -0.15) is 5.10 Å². The van der Waals surface area contributed by atoms with Crippen molar-refractivity contribution in [2.75, 3.05) is 36.8 Å². The Labute approximate surface area is 307 Å². The number of carbonyl (C=O) groups excluding carboxylic acids is 1. The summed E-state index contributed by atoms with van der Waals surface area (Å²) in [4.78, 5) is 31.3. The number of hydrogen-bond acceptors (Lipinski definition) is 9. The number of aryl methyl sites for hydroxylation is 1. The highest BCUT2D eigenvalue weighted by molar-refractivity contribution is 6.04. The van der Waals surface area contributed by atoms with Gasteiger partial charge in [0.25, 0.3) is 12.3 Å². The number of hydrogen-bond donors (Lipinski definition) is 3. The van der Waals surface area contributed by atoms with Crippen LogP contribution in [0.4, 0.5) is 26.0 Å². The topological polar surface area (TPSA) is 124 Å². The zero-order valence-electron chi connectivity index (χ0n) is 30.2. The fourth-order valence-electron chi connectivity index (χ4n) is 8.17. The van der Waals surface area contributed by atoms with E-state index in [2.05, 4.69) is 35.4 Å². The number of rotatable bonds is 9. The van der Waals surface area contributed by atoms with Crippen molar-refractivity contribution in [1.29, 1.82) is 0 Å². The van der Waals surface area contributed by atoms with E-state index in [-0.39, 0.29) is 17.8 Å². The molecule has 0 unspecified atom stereocenters. The minimum atomic E-state index is -2.87. The molecule has 2 saturated heterocycles. The molecule has 3 aliphatic rings. The second-order valence-corrected chi connectivity index (χ2v) is 14.6. The summed E-state index contributed by atoms with van der Waals surface area (Å²) in [5.74, 6) is -0.628.